The van der Waals surface area contributed by atoms with Crippen molar-refractivity contribution >= 4 is 11.5 Å². The minimum absolute atomic E-state index is 0.224. The summed E-state index contributed by atoms with van der Waals surface area (Å²) in [5.74, 6) is -3.67. The summed E-state index contributed by atoms with van der Waals surface area (Å²) in [7, 11) is 5.87. The maximum Gasteiger partial charge on any atom is 0.253 e. The molecule has 0 unspecified atom stereocenters. The highest BCUT2D eigenvalue weighted by Gasteiger charge is 2.22. The Labute approximate surface area is 86.1 Å². The summed E-state index contributed by atoms with van der Waals surface area (Å²) in [5.41, 5.74) is -0.425. The molecule has 1 aromatic rings. The van der Waals surface area contributed by atoms with Gasteiger partial charge in [0, 0.05) is 28.2 Å². The lowest BCUT2D eigenvalue weighted by atomic mass is 10.3. The highest BCUT2D eigenvalue weighted by Crippen LogP contribution is 2.28. The Hall–Kier alpha value is -1.46. The van der Waals surface area contributed by atoms with Gasteiger partial charge in [0.25, 0.3) is 5.95 Å². The van der Waals surface area contributed by atoms with Crippen LogP contribution in [0, 0.1) is 17.6 Å². The van der Waals surface area contributed by atoms with Crippen LogP contribution in [0.2, 0.25) is 0 Å². The smallest absolute Gasteiger partial charge is 0.253 e. The zero-order valence-electron chi connectivity index (χ0n) is 8.98. The molecule has 6 heteroatoms. The highest BCUT2D eigenvalue weighted by molar-refractivity contribution is 5.56. The van der Waals surface area contributed by atoms with Crippen LogP contribution >= 0.6 is 0 Å². The number of anilines is 2. The van der Waals surface area contributed by atoms with Gasteiger partial charge in [-0.1, -0.05) is 0 Å². The SMILES string of the molecule is CN(C)c1nc(F)c(F)c(N(C)C)c1F. The van der Waals surface area contributed by atoms with E-state index in [1.807, 2.05) is 0 Å². The van der Waals surface area contributed by atoms with Crippen molar-refractivity contribution in [2.45, 2.75) is 0 Å². The molecule has 84 valence electrons. The van der Waals surface area contributed by atoms with Crippen LogP contribution in [0.5, 0.6) is 0 Å². The van der Waals surface area contributed by atoms with E-state index in [-0.39, 0.29) is 5.82 Å². The van der Waals surface area contributed by atoms with Crippen LogP contribution in [-0.4, -0.2) is 33.2 Å². The van der Waals surface area contributed by atoms with Gasteiger partial charge >= 0.3 is 0 Å². The summed E-state index contributed by atoms with van der Waals surface area (Å²) >= 11 is 0. The molecule has 0 aliphatic heterocycles. The van der Waals surface area contributed by atoms with Gasteiger partial charge in [0.15, 0.2) is 11.6 Å². The van der Waals surface area contributed by atoms with E-state index in [1.54, 1.807) is 0 Å². The fourth-order valence-electron chi connectivity index (χ4n) is 1.18. The van der Waals surface area contributed by atoms with E-state index in [0.717, 1.165) is 0 Å². The second kappa shape index (κ2) is 3.96. The van der Waals surface area contributed by atoms with E-state index in [1.165, 1.54) is 38.0 Å². The number of aromatic nitrogens is 1. The summed E-state index contributed by atoms with van der Waals surface area (Å²) in [6.07, 6.45) is 0. The van der Waals surface area contributed by atoms with Crippen molar-refractivity contribution in [3.05, 3.63) is 17.6 Å². The Morgan fingerprint density at radius 3 is 1.80 bits per heavy atom. The molecule has 3 nitrogen and oxygen atoms in total. The molecule has 1 aromatic heterocycles. The Morgan fingerprint density at radius 1 is 0.867 bits per heavy atom. The molecule has 0 atom stereocenters. The van der Waals surface area contributed by atoms with E-state index >= 15 is 0 Å². The van der Waals surface area contributed by atoms with Gasteiger partial charge in [-0.3, -0.25) is 0 Å². The maximum atomic E-state index is 13.7. The Bertz CT molecular complexity index is 377. The van der Waals surface area contributed by atoms with Gasteiger partial charge in [-0.15, -0.1) is 0 Å². The van der Waals surface area contributed by atoms with Crippen molar-refractivity contribution in [1.29, 1.82) is 0 Å². The molecule has 0 fully saturated rings. The summed E-state index contributed by atoms with van der Waals surface area (Å²) < 4.78 is 39.9. The Balaban J connectivity index is 3.49. The first kappa shape index (κ1) is 11.6. The van der Waals surface area contributed by atoms with Crippen molar-refractivity contribution < 1.29 is 13.2 Å². The molecule has 0 saturated heterocycles. The first-order valence-corrected chi connectivity index (χ1v) is 4.25. The number of halogens is 3. The zero-order chi connectivity index (χ0) is 11.7. The van der Waals surface area contributed by atoms with E-state index in [2.05, 4.69) is 4.98 Å². The lowest BCUT2D eigenvalue weighted by Crippen LogP contribution is -2.20. The van der Waals surface area contributed by atoms with Gasteiger partial charge in [-0.05, 0) is 0 Å². The molecular weight excluding hydrogens is 207 g/mol. The normalized spacial score (nSPS) is 10.3. The number of nitrogens with zero attached hydrogens (tertiary/aromatic N) is 3. The van der Waals surface area contributed by atoms with E-state index in [4.69, 9.17) is 0 Å². The second-order valence-electron chi connectivity index (χ2n) is 3.49. The van der Waals surface area contributed by atoms with Gasteiger partial charge in [0.1, 0.15) is 5.69 Å². The van der Waals surface area contributed by atoms with E-state index in [9.17, 15) is 13.2 Å². The lowest BCUT2D eigenvalue weighted by molar-refractivity contribution is 0.465. The number of pyridine rings is 1. The quantitative estimate of drug-likeness (QED) is 0.705. The van der Waals surface area contributed by atoms with E-state index < -0.39 is 23.3 Å². The van der Waals surface area contributed by atoms with Crippen molar-refractivity contribution in [2.24, 2.45) is 0 Å². The molecule has 0 radical (unpaired) electrons. The molecule has 1 heterocycles. The van der Waals surface area contributed by atoms with Crippen LogP contribution in [0.3, 0.4) is 0 Å². The van der Waals surface area contributed by atoms with Gasteiger partial charge in [0.05, 0.1) is 0 Å². The van der Waals surface area contributed by atoms with Gasteiger partial charge in [0.2, 0.25) is 5.82 Å². The molecule has 0 aliphatic rings. The second-order valence-corrected chi connectivity index (χ2v) is 3.49. The average Bonchev–Trinajstić information content (AvgIpc) is 2.10. The van der Waals surface area contributed by atoms with Crippen LogP contribution in [0.25, 0.3) is 0 Å². The molecule has 0 spiro atoms. The topological polar surface area (TPSA) is 19.4 Å². The van der Waals surface area contributed by atoms with E-state index in [0.29, 0.717) is 0 Å². The molecule has 15 heavy (non-hydrogen) atoms. The predicted molar refractivity (Wildman–Crippen MR) is 52.8 cm³/mol. The van der Waals surface area contributed by atoms with Crippen molar-refractivity contribution in [2.75, 3.05) is 38.0 Å². The molecule has 0 saturated carbocycles. The van der Waals surface area contributed by atoms with Crippen LogP contribution < -0.4 is 9.80 Å². The third kappa shape index (κ3) is 1.98. The molecule has 0 bridgehead atoms. The summed E-state index contributed by atoms with van der Waals surface area (Å²) in [6, 6.07) is 0. The minimum Gasteiger partial charge on any atom is -0.373 e. The summed E-state index contributed by atoms with van der Waals surface area (Å²) in [4.78, 5) is 5.65. The summed E-state index contributed by atoms with van der Waals surface area (Å²) in [5, 5.41) is 0. The third-order valence-electron chi connectivity index (χ3n) is 1.87. The summed E-state index contributed by atoms with van der Waals surface area (Å²) in [6.45, 7) is 0. The first-order valence-electron chi connectivity index (χ1n) is 4.25. The van der Waals surface area contributed by atoms with Crippen molar-refractivity contribution in [3.63, 3.8) is 0 Å². The molecule has 0 N–H and O–H groups in total. The van der Waals surface area contributed by atoms with Gasteiger partial charge < -0.3 is 9.80 Å². The van der Waals surface area contributed by atoms with Crippen molar-refractivity contribution in [3.8, 4) is 0 Å². The molecule has 0 aromatic carbocycles. The van der Waals surface area contributed by atoms with Crippen LogP contribution in [0.4, 0.5) is 24.7 Å². The van der Waals surface area contributed by atoms with Crippen LogP contribution in [-0.2, 0) is 0 Å². The first-order chi connectivity index (χ1) is 6.86. The molecule has 1 rings (SSSR count). The molecule has 0 amide bonds. The Kier molecular flexibility index (Phi) is 3.06. The third-order valence-corrected chi connectivity index (χ3v) is 1.87. The fraction of sp³-hybridized carbons (Fsp3) is 0.444. The predicted octanol–water partition coefficient (Wildman–Crippen LogP) is 1.63. The Morgan fingerprint density at radius 2 is 1.40 bits per heavy atom. The van der Waals surface area contributed by atoms with Crippen LogP contribution in [0.15, 0.2) is 0 Å². The number of hydrogen-bond acceptors (Lipinski definition) is 3. The highest BCUT2D eigenvalue weighted by atomic mass is 19.2. The standard InChI is InChI=1S/C9H12F3N3/c1-14(2)7-5(10)8(12)13-9(6(7)11)15(3)4/h1-4H3. The van der Waals surface area contributed by atoms with Crippen molar-refractivity contribution in [1.82, 2.24) is 4.98 Å². The lowest BCUT2D eigenvalue weighted by Gasteiger charge is -2.19. The van der Waals surface area contributed by atoms with Gasteiger partial charge in [-0.25, -0.2) is 4.39 Å². The van der Waals surface area contributed by atoms with Crippen LogP contribution in [0.1, 0.15) is 0 Å². The number of rotatable bonds is 2. The molecular formula is C9H12F3N3. The maximum absolute atomic E-state index is 13.7. The van der Waals surface area contributed by atoms with Gasteiger partial charge in [-0.2, -0.15) is 13.8 Å². The molecule has 0 aliphatic carbocycles. The zero-order valence-corrected chi connectivity index (χ0v) is 8.98. The average molecular weight is 219 g/mol. The number of hydrogen-bond donors (Lipinski definition) is 0. The monoisotopic (exact) mass is 219 g/mol. The minimum atomic E-state index is -1.30. The largest absolute Gasteiger partial charge is 0.373 e. The fourth-order valence-corrected chi connectivity index (χ4v) is 1.18.